The van der Waals surface area contributed by atoms with Crippen LogP contribution in [0.3, 0.4) is 0 Å². The monoisotopic (exact) mass is 906 g/mol. The quantitative estimate of drug-likeness (QED) is 0.166. The number of hydrogen-bond donors (Lipinski definition) is 2. The van der Waals surface area contributed by atoms with Gasteiger partial charge >= 0.3 is 0 Å². The van der Waals surface area contributed by atoms with Crippen LogP contribution in [0.4, 0.5) is 0 Å². The highest BCUT2D eigenvalue weighted by Crippen LogP contribution is 2.68. The number of halogens is 3. The van der Waals surface area contributed by atoms with Gasteiger partial charge in [-0.3, -0.25) is 0 Å². The Balaban J connectivity index is 0.000000154. The Labute approximate surface area is 380 Å². The van der Waals surface area contributed by atoms with E-state index in [0.29, 0.717) is 39.8 Å². The summed E-state index contributed by atoms with van der Waals surface area (Å²) in [6.07, 6.45) is 16.7. The molecular formula is C55H69BrCl2N2. The maximum absolute atomic E-state index is 6.22. The number of nitrogens with one attached hydrogen (secondary N) is 2. The van der Waals surface area contributed by atoms with Gasteiger partial charge in [0.1, 0.15) is 0 Å². The van der Waals surface area contributed by atoms with Crippen LogP contribution in [0.25, 0.3) is 0 Å². The molecule has 8 aliphatic carbocycles. The third kappa shape index (κ3) is 8.47. The Morgan fingerprint density at radius 1 is 0.583 bits per heavy atom. The second kappa shape index (κ2) is 16.4. The van der Waals surface area contributed by atoms with Crippen molar-refractivity contribution >= 4 is 39.1 Å². The first-order valence-electron chi connectivity index (χ1n) is 23.4. The van der Waals surface area contributed by atoms with Crippen LogP contribution < -0.4 is 10.6 Å². The molecule has 0 aromatic heterocycles. The Morgan fingerprint density at radius 2 is 1.02 bits per heavy atom. The molecule has 7 atom stereocenters. The maximum Gasteiger partial charge on any atom is 0.0406 e. The lowest BCUT2D eigenvalue weighted by Gasteiger charge is -2.64. The molecule has 8 fully saturated rings. The molecule has 2 nitrogen and oxygen atoms in total. The number of rotatable bonds is 10. The lowest BCUT2D eigenvalue weighted by atomic mass is 9.41. The summed E-state index contributed by atoms with van der Waals surface area (Å²) < 4.78 is 1.15. The fourth-order valence-corrected chi connectivity index (χ4v) is 15.5. The zero-order valence-electron chi connectivity index (χ0n) is 37.1. The van der Waals surface area contributed by atoms with Gasteiger partial charge in [-0.1, -0.05) is 121 Å². The maximum atomic E-state index is 6.22. The highest BCUT2D eigenvalue weighted by Gasteiger charge is 2.61. The zero-order valence-corrected chi connectivity index (χ0v) is 40.2. The smallest absolute Gasteiger partial charge is 0.0406 e. The van der Waals surface area contributed by atoms with Crippen molar-refractivity contribution in [3.8, 4) is 0 Å². The average molecular weight is 909 g/mol. The van der Waals surface area contributed by atoms with Crippen LogP contribution in [0.15, 0.2) is 102 Å². The molecule has 60 heavy (non-hydrogen) atoms. The summed E-state index contributed by atoms with van der Waals surface area (Å²) in [7, 11) is 0. The van der Waals surface area contributed by atoms with E-state index in [0.717, 1.165) is 44.7 Å². The average Bonchev–Trinajstić information content (AvgIpc) is 3.19. The van der Waals surface area contributed by atoms with Gasteiger partial charge in [0.05, 0.1) is 0 Å². The molecule has 5 heteroatoms. The van der Waals surface area contributed by atoms with E-state index in [9.17, 15) is 0 Å². The lowest BCUT2D eigenvalue weighted by Crippen LogP contribution is -2.60. The molecule has 8 aliphatic rings. The molecule has 8 saturated carbocycles. The summed E-state index contributed by atoms with van der Waals surface area (Å²) in [6, 6.07) is 37.1. The molecule has 2 N–H and O–H groups in total. The van der Waals surface area contributed by atoms with Gasteiger partial charge in [-0.2, -0.15) is 0 Å². The predicted molar refractivity (Wildman–Crippen MR) is 257 cm³/mol. The molecule has 0 radical (unpaired) electrons. The van der Waals surface area contributed by atoms with Crippen LogP contribution in [0.2, 0.25) is 10.0 Å². The molecule has 0 heterocycles. The summed E-state index contributed by atoms with van der Waals surface area (Å²) >= 11 is 16.0. The molecular weight excluding hydrogens is 839 g/mol. The van der Waals surface area contributed by atoms with Crippen molar-refractivity contribution < 1.29 is 0 Å². The van der Waals surface area contributed by atoms with E-state index in [2.05, 4.69) is 165 Å². The molecule has 12 rings (SSSR count). The molecule has 320 valence electrons. The third-order valence-electron chi connectivity index (χ3n) is 17.3. The first kappa shape index (κ1) is 43.1. The van der Waals surface area contributed by atoms with E-state index in [4.69, 9.17) is 23.2 Å². The van der Waals surface area contributed by atoms with Gasteiger partial charge in [-0.25, -0.2) is 0 Å². The van der Waals surface area contributed by atoms with Gasteiger partial charge in [0.2, 0.25) is 0 Å². The lowest BCUT2D eigenvalue weighted by molar-refractivity contribution is -0.0894. The first-order valence-corrected chi connectivity index (χ1v) is 25.0. The highest BCUT2D eigenvalue weighted by molar-refractivity contribution is 9.10. The minimum Gasteiger partial charge on any atom is -0.310 e. The summed E-state index contributed by atoms with van der Waals surface area (Å²) in [6.45, 7) is 15.1. The normalized spacial score (nSPS) is 33.9. The van der Waals surface area contributed by atoms with Crippen LogP contribution >= 0.6 is 39.1 Å². The zero-order chi connectivity index (χ0) is 42.1. The van der Waals surface area contributed by atoms with Gasteiger partial charge in [0.15, 0.2) is 0 Å². The van der Waals surface area contributed by atoms with Crippen molar-refractivity contribution in [2.75, 3.05) is 0 Å². The second-order valence-electron chi connectivity index (χ2n) is 22.4. The van der Waals surface area contributed by atoms with E-state index in [1.54, 1.807) is 5.56 Å². The van der Waals surface area contributed by atoms with Crippen LogP contribution in [0, 0.1) is 34.5 Å². The largest absolute Gasteiger partial charge is 0.310 e. The van der Waals surface area contributed by atoms with Crippen LogP contribution in [-0.2, 0) is 22.8 Å². The van der Waals surface area contributed by atoms with Gasteiger partial charge < -0.3 is 10.6 Å². The SMILES string of the molecule is CC(NC(C)C12CC3CC(CC(c4ccc(Cl)cc4)(C3)C1)C2)c1ccc(Br)cc1.CC(NCc1ccc(C(C)(C)C)cc1)C12CC3CC(CC(c4ccc(Cl)cc4)(C3)C1)C2. The van der Waals surface area contributed by atoms with Gasteiger partial charge in [0.25, 0.3) is 0 Å². The topological polar surface area (TPSA) is 24.1 Å². The molecule has 8 bridgehead atoms. The fraction of sp³-hybridized carbons (Fsp3) is 0.564. The minimum atomic E-state index is 0.217. The molecule has 7 unspecified atom stereocenters. The van der Waals surface area contributed by atoms with Crippen molar-refractivity contribution in [3.05, 3.63) is 139 Å². The third-order valence-corrected chi connectivity index (χ3v) is 18.3. The molecule has 0 spiro atoms. The summed E-state index contributed by atoms with van der Waals surface area (Å²) in [5.41, 5.74) is 9.08. The number of benzene rings is 4. The van der Waals surface area contributed by atoms with Crippen molar-refractivity contribution in [1.82, 2.24) is 10.6 Å². The summed E-state index contributed by atoms with van der Waals surface area (Å²) in [4.78, 5) is 0. The Morgan fingerprint density at radius 3 is 1.45 bits per heavy atom. The van der Waals surface area contributed by atoms with Crippen molar-refractivity contribution in [1.29, 1.82) is 0 Å². The first-order chi connectivity index (χ1) is 28.5. The van der Waals surface area contributed by atoms with Gasteiger partial charge in [0, 0.05) is 39.2 Å². The molecule has 4 aromatic rings. The molecule has 4 aromatic carbocycles. The van der Waals surface area contributed by atoms with Crippen molar-refractivity contribution in [2.45, 2.75) is 160 Å². The van der Waals surface area contributed by atoms with Crippen LogP contribution in [-0.4, -0.2) is 12.1 Å². The molecule has 0 amide bonds. The summed E-state index contributed by atoms with van der Waals surface area (Å²) in [5, 5.41) is 9.70. The fourth-order valence-electron chi connectivity index (χ4n) is 15.0. The van der Waals surface area contributed by atoms with E-state index < -0.39 is 0 Å². The Hall–Kier alpha value is -2.14. The Kier molecular flexibility index (Phi) is 11.8. The predicted octanol–water partition coefficient (Wildman–Crippen LogP) is 15.3. The standard InChI is InChI=1S/C29H38ClN.C26H31BrClN/c1-20(31-18-21-5-7-24(8-6-21)27(2,3)4)28-14-22-13-23(15-28)17-29(16-22,19-28)25-9-11-26(30)12-10-25;1-17(21-3-7-23(27)8-4-21)29-18(2)25-12-19-11-20(13-25)15-26(14-19,16-25)22-5-9-24(28)10-6-22/h5-12,20,22-23,31H,13-19H2,1-4H3;3-10,17-20,29H,11-16H2,1-2H3. The summed E-state index contributed by atoms with van der Waals surface area (Å²) in [5.74, 6) is 3.57. The van der Waals surface area contributed by atoms with Gasteiger partial charge in [-0.05, 0) is 213 Å². The van der Waals surface area contributed by atoms with E-state index in [-0.39, 0.29) is 5.41 Å². The van der Waals surface area contributed by atoms with Crippen LogP contribution in [0.5, 0.6) is 0 Å². The second-order valence-corrected chi connectivity index (χ2v) is 24.2. The highest BCUT2D eigenvalue weighted by atomic mass is 79.9. The molecule has 0 aliphatic heterocycles. The Bertz CT molecular complexity index is 2070. The van der Waals surface area contributed by atoms with E-state index in [1.165, 1.54) is 99.3 Å². The van der Waals surface area contributed by atoms with E-state index in [1.807, 2.05) is 0 Å². The van der Waals surface area contributed by atoms with Crippen molar-refractivity contribution in [2.24, 2.45) is 34.5 Å². The van der Waals surface area contributed by atoms with Crippen molar-refractivity contribution in [3.63, 3.8) is 0 Å². The molecule has 0 saturated heterocycles. The minimum absolute atomic E-state index is 0.217. The van der Waals surface area contributed by atoms with Gasteiger partial charge in [-0.15, -0.1) is 0 Å². The van der Waals surface area contributed by atoms with Crippen LogP contribution in [0.1, 0.15) is 152 Å². The number of hydrogen-bond acceptors (Lipinski definition) is 2. The van der Waals surface area contributed by atoms with E-state index >= 15 is 0 Å².